The topological polar surface area (TPSA) is 84.5 Å². The van der Waals surface area contributed by atoms with E-state index in [2.05, 4.69) is 56.7 Å². The lowest BCUT2D eigenvalue weighted by atomic mass is 10.3. The molecule has 0 amide bonds. The van der Waals surface area contributed by atoms with Crippen LogP contribution >= 0.6 is 0 Å². The summed E-state index contributed by atoms with van der Waals surface area (Å²) in [6.07, 6.45) is 2.86. The number of hydrogen-bond acceptors (Lipinski definition) is 5. The first-order chi connectivity index (χ1) is 10.2. The number of hydrazone groups is 1. The van der Waals surface area contributed by atoms with Gasteiger partial charge in [-0.05, 0) is 34.0 Å². The molecular formula is C13H30N8. The van der Waals surface area contributed by atoms with Gasteiger partial charge in [0.15, 0.2) is 5.96 Å². The van der Waals surface area contributed by atoms with Crippen LogP contribution in [0.4, 0.5) is 0 Å². The largest absolute Gasteiger partial charge is 0.358 e. The number of nitrogens with two attached hydrogens (primary N) is 1. The number of hydrogen-bond donors (Lipinski definition) is 3. The average Bonchev–Trinajstić information content (AvgIpc) is 2.48. The third-order valence-corrected chi connectivity index (χ3v) is 3.28. The van der Waals surface area contributed by atoms with Crippen molar-refractivity contribution in [2.75, 3.05) is 59.9 Å². The van der Waals surface area contributed by atoms with Crippen molar-refractivity contribution < 1.29 is 0 Å². The highest BCUT2D eigenvalue weighted by Gasteiger charge is 2.17. The minimum Gasteiger partial charge on any atom is -0.358 e. The Balaban J connectivity index is 2.37. The monoisotopic (exact) mass is 298 g/mol. The number of nitrogens with zero attached hydrogens (tertiary/aromatic N) is 5. The number of aliphatic imine (C=N–C) groups is 1. The summed E-state index contributed by atoms with van der Waals surface area (Å²) in [5.41, 5.74) is 2.29. The number of rotatable bonds is 7. The van der Waals surface area contributed by atoms with E-state index in [1.807, 2.05) is 0 Å². The first-order valence-corrected chi connectivity index (χ1v) is 7.58. The molecule has 0 spiro atoms. The van der Waals surface area contributed by atoms with E-state index in [1.54, 1.807) is 6.34 Å². The van der Waals surface area contributed by atoms with Gasteiger partial charge in [0.1, 0.15) is 6.34 Å². The summed E-state index contributed by atoms with van der Waals surface area (Å²) < 4.78 is 0. The van der Waals surface area contributed by atoms with Crippen molar-refractivity contribution in [1.29, 1.82) is 0 Å². The maximum atomic E-state index is 5.13. The van der Waals surface area contributed by atoms with Crippen molar-refractivity contribution in [3.63, 3.8) is 0 Å². The fraction of sp³-hybridized carbons (Fsp3) is 0.846. The minimum atomic E-state index is 0.800. The molecule has 1 saturated heterocycles. The Labute approximate surface area is 128 Å². The first-order valence-electron chi connectivity index (χ1n) is 7.58. The fourth-order valence-electron chi connectivity index (χ4n) is 2.18. The second kappa shape index (κ2) is 10.2. The molecule has 4 N–H and O–H groups in total. The van der Waals surface area contributed by atoms with Gasteiger partial charge in [-0.3, -0.25) is 4.99 Å². The summed E-state index contributed by atoms with van der Waals surface area (Å²) in [6, 6.07) is 0. The van der Waals surface area contributed by atoms with Crippen molar-refractivity contribution in [3.05, 3.63) is 0 Å². The quantitative estimate of drug-likeness (QED) is 0.182. The Morgan fingerprint density at radius 1 is 1.29 bits per heavy atom. The standard InChI is InChI=1S/C13H30N8/c1-4-15-13(16-6-5-7-19(2)3)21-10-8-20(9-11-21)12-17-18-14/h12,18H,4-11,14H2,1-3H3,(H,15,16). The predicted octanol–water partition coefficient (Wildman–Crippen LogP) is -1.07. The van der Waals surface area contributed by atoms with Crippen molar-refractivity contribution in [1.82, 2.24) is 25.6 Å². The molecular weight excluding hydrogens is 268 g/mol. The number of hydrazine groups is 1. The first kappa shape index (κ1) is 17.5. The van der Waals surface area contributed by atoms with E-state index in [4.69, 9.17) is 5.84 Å². The molecule has 122 valence electrons. The van der Waals surface area contributed by atoms with E-state index in [9.17, 15) is 0 Å². The van der Waals surface area contributed by atoms with E-state index in [0.717, 1.165) is 58.2 Å². The molecule has 8 heteroatoms. The Hall–Kier alpha value is -1.54. The highest BCUT2D eigenvalue weighted by molar-refractivity contribution is 5.80. The van der Waals surface area contributed by atoms with Crippen molar-refractivity contribution in [3.8, 4) is 0 Å². The van der Waals surface area contributed by atoms with E-state index >= 15 is 0 Å². The van der Waals surface area contributed by atoms with Crippen molar-refractivity contribution in [2.24, 2.45) is 15.9 Å². The van der Waals surface area contributed by atoms with Gasteiger partial charge in [-0.25, -0.2) is 11.4 Å². The van der Waals surface area contributed by atoms with Gasteiger partial charge in [0, 0.05) is 39.3 Å². The van der Waals surface area contributed by atoms with E-state index in [1.165, 1.54) is 0 Å². The molecule has 21 heavy (non-hydrogen) atoms. The molecule has 1 aliphatic rings. The molecule has 0 bridgehead atoms. The summed E-state index contributed by atoms with van der Waals surface area (Å²) in [5.74, 6) is 6.15. The van der Waals surface area contributed by atoms with Crippen molar-refractivity contribution >= 4 is 12.3 Å². The molecule has 1 fully saturated rings. The molecule has 1 heterocycles. The van der Waals surface area contributed by atoms with Gasteiger partial charge in [0.05, 0.1) is 0 Å². The predicted molar refractivity (Wildman–Crippen MR) is 88.1 cm³/mol. The van der Waals surface area contributed by atoms with Gasteiger partial charge in [-0.15, -0.1) is 0 Å². The molecule has 1 rings (SSSR count). The van der Waals surface area contributed by atoms with E-state index in [0.29, 0.717) is 0 Å². The van der Waals surface area contributed by atoms with Crippen LogP contribution in [-0.2, 0) is 0 Å². The maximum Gasteiger partial charge on any atom is 0.194 e. The van der Waals surface area contributed by atoms with Crippen LogP contribution in [-0.4, -0.2) is 86.9 Å². The van der Waals surface area contributed by atoms with Crippen LogP contribution in [0.15, 0.2) is 10.1 Å². The maximum absolute atomic E-state index is 5.13. The fourth-order valence-corrected chi connectivity index (χ4v) is 2.18. The van der Waals surface area contributed by atoms with Gasteiger partial charge in [-0.2, -0.15) is 5.10 Å². The van der Waals surface area contributed by atoms with Crippen LogP contribution in [0.1, 0.15) is 13.3 Å². The zero-order valence-electron chi connectivity index (χ0n) is 13.5. The zero-order chi connectivity index (χ0) is 15.5. The molecule has 1 aliphatic heterocycles. The molecule has 0 atom stereocenters. The summed E-state index contributed by atoms with van der Waals surface area (Å²) in [7, 11) is 4.19. The summed E-state index contributed by atoms with van der Waals surface area (Å²) in [5, 5.41) is 7.31. The van der Waals surface area contributed by atoms with Crippen LogP contribution in [0.5, 0.6) is 0 Å². The van der Waals surface area contributed by atoms with Gasteiger partial charge in [-0.1, -0.05) is 0 Å². The molecule has 0 aromatic carbocycles. The van der Waals surface area contributed by atoms with Gasteiger partial charge >= 0.3 is 0 Å². The van der Waals surface area contributed by atoms with E-state index < -0.39 is 0 Å². The lowest BCUT2D eigenvalue weighted by molar-refractivity contribution is 0.256. The van der Waals surface area contributed by atoms with E-state index in [-0.39, 0.29) is 0 Å². The number of nitrogens with one attached hydrogen (secondary N) is 2. The zero-order valence-corrected chi connectivity index (χ0v) is 13.5. The van der Waals surface area contributed by atoms with Crippen molar-refractivity contribution in [2.45, 2.75) is 13.3 Å². The Bertz CT molecular complexity index is 320. The summed E-state index contributed by atoms with van der Waals surface area (Å²) >= 11 is 0. The minimum absolute atomic E-state index is 0.800. The van der Waals surface area contributed by atoms with Gasteiger partial charge < -0.3 is 20.0 Å². The molecule has 0 radical (unpaired) electrons. The third kappa shape index (κ3) is 7.14. The smallest absolute Gasteiger partial charge is 0.194 e. The van der Waals surface area contributed by atoms with Gasteiger partial charge in [0.2, 0.25) is 0 Å². The Kier molecular flexibility index (Phi) is 8.53. The molecule has 0 saturated carbocycles. The highest BCUT2D eigenvalue weighted by atomic mass is 15.5. The van der Waals surface area contributed by atoms with Gasteiger partial charge in [0.25, 0.3) is 0 Å². The Morgan fingerprint density at radius 3 is 2.57 bits per heavy atom. The average molecular weight is 298 g/mol. The Morgan fingerprint density at radius 2 is 2.00 bits per heavy atom. The molecule has 0 aliphatic carbocycles. The normalized spacial score (nSPS) is 16.9. The number of guanidine groups is 1. The molecule has 0 aromatic heterocycles. The second-order valence-corrected chi connectivity index (χ2v) is 5.28. The summed E-state index contributed by atoms with van der Waals surface area (Å²) in [4.78, 5) is 11.2. The third-order valence-electron chi connectivity index (χ3n) is 3.28. The SMILES string of the molecule is CCN=C(NCCCN(C)C)N1CCN(C=NNN)CC1. The second-order valence-electron chi connectivity index (χ2n) is 5.28. The van der Waals surface area contributed by atoms with Crippen LogP contribution in [0, 0.1) is 0 Å². The number of piperazine rings is 1. The van der Waals surface area contributed by atoms with Crippen LogP contribution in [0.2, 0.25) is 0 Å². The molecule has 8 nitrogen and oxygen atoms in total. The molecule has 0 aromatic rings. The van der Waals surface area contributed by atoms with Crippen LogP contribution in [0.3, 0.4) is 0 Å². The lowest BCUT2D eigenvalue weighted by Gasteiger charge is -2.35. The molecule has 0 unspecified atom stereocenters. The summed E-state index contributed by atoms with van der Waals surface area (Å²) in [6.45, 7) is 8.64. The lowest BCUT2D eigenvalue weighted by Crippen LogP contribution is -2.52. The van der Waals surface area contributed by atoms with Crippen LogP contribution in [0.25, 0.3) is 0 Å². The highest BCUT2D eigenvalue weighted by Crippen LogP contribution is 2.00. The van der Waals surface area contributed by atoms with Crippen LogP contribution < -0.4 is 16.7 Å².